The molecule has 27 heavy (non-hydrogen) atoms. The highest BCUT2D eigenvalue weighted by molar-refractivity contribution is 6.99. The maximum absolute atomic E-state index is 12.2. The number of benzene rings is 2. The van der Waals surface area contributed by atoms with Gasteiger partial charge in [-0.2, -0.15) is 0 Å². The van der Waals surface area contributed by atoms with E-state index in [-0.39, 0.29) is 11.0 Å². The average molecular weight is 381 g/mol. The van der Waals surface area contributed by atoms with E-state index in [1.807, 2.05) is 0 Å². The van der Waals surface area contributed by atoms with Crippen molar-refractivity contribution in [2.75, 3.05) is 6.61 Å². The summed E-state index contributed by atoms with van der Waals surface area (Å²) in [6.07, 6.45) is 2.75. The summed E-state index contributed by atoms with van der Waals surface area (Å²) in [6.45, 7) is 9.63. The van der Waals surface area contributed by atoms with Gasteiger partial charge in [-0.25, -0.2) is 0 Å². The summed E-state index contributed by atoms with van der Waals surface area (Å²) in [6, 6.07) is 21.5. The second kappa shape index (κ2) is 8.11. The molecule has 0 aromatic heterocycles. The maximum atomic E-state index is 12.2. The number of ketones is 1. The SMILES string of the molecule is C[C@H]1CC[C@@H](CO[Si](c2ccccc2)(c2ccccc2)C(C)(C)C)CC1=O. The Hall–Kier alpha value is -1.71. The first kappa shape index (κ1) is 20.0. The summed E-state index contributed by atoms with van der Waals surface area (Å²) >= 11 is 0. The molecule has 1 fully saturated rings. The quantitative estimate of drug-likeness (QED) is 0.710. The Labute approximate surface area is 165 Å². The molecule has 3 rings (SSSR count). The van der Waals surface area contributed by atoms with Crippen molar-refractivity contribution in [2.24, 2.45) is 11.8 Å². The van der Waals surface area contributed by atoms with E-state index >= 15 is 0 Å². The van der Waals surface area contributed by atoms with E-state index in [4.69, 9.17) is 4.43 Å². The predicted molar refractivity (Wildman–Crippen MR) is 115 cm³/mol. The zero-order valence-electron chi connectivity index (χ0n) is 17.1. The van der Waals surface area contributed by atoms with Crippen molar-refractivity contribution in [3.63, 3.8) is 0 Å². The van der Waals surface area contributed by atoms with Gasteiger partial charge in [0.15, 0.2) is 0 Å². The zero-order chi connectivity index (χ0) is 19.5. The molecule has 0 aliphatic heterocycles. The Morgan fingerprint density at radius 2 is 1.44 bits per heavy atom. The van der Waals surface area contributed by atoms with Crippen molar-refractivity contribution in [1.82, 2.24) is 0 Å². The molecule has 2 aromatic carbocycles. The fraction of sp³-hybridized carbons (Fsp3) is 0.458. The van der Waals surface area contributed by atoms with E-state index in [1.165, 1.54) is 10.4 Å². The van der Waals surface area contributed by atoms with Crippen LogP contribution in [0.3, 0.4) is 0 Å². The van der Waals surface area contributed by atoms with Gasteiger partial charge >= 0.3 is 0 Å². The molecular formula is C24H32O2Si. The summed E-state index contributed by atoms with van der Waals surface area (Å²) in [5.74, 6) is 0.960. The van der Waals surface area contributed by atoms with E-state index in [0.717, 1.165) is 12.8 Å². The second-order valence-corrected chi connectivity index (χ2v) is 13.3. The van der Waals surface area contributed by atoms with Crippen LogP contribution in [0.1, 0.15) is 47.0 Å². The largest absolute Gasteiger partial charge is 0.407 e. The molecule has 2 aromatic rings. The summed E-state index contributed by atoms with van der Waals surface area (Å²) in [7, 11) is -2.48. The molecule has 0 radical (unpaired) electrons. The normalized spacial score (nSPS) is 21.3. The molecular weight excluding hydrogens is 348 g/mol. The van der Waals surface area contributed by atoms with Gasteiger partial charge < -0.3 is 4.43 Å². The third-order valence-electron chi connectivity index (χ3n) is 6.00. The smallest absolute Gasteiger partial charge is 0.261 e. The molecule has 0 saturated heterocycles. The first-order valence-corrected chi connectivity index (χ1v) is 12.0. The van der Waals surface area contributed by atoms with Crippen molar-refractivity contribution < 1.29 is 9.22 Å². The first-order valence-electron chi connectivity index (χ1n) is 10.1. The minimum absolute atomic E-state index is 0.0122. The topological polar surface area (TPSA) is 26.3 Å². The van der Waals surface area contributed by atoms with Gasteiger partial charge in [-0.3, -0.25) is 4.79 Å². The number of carbonyl (C=O) groups excluding carboxylic acids is 1. The molecule has 0 unspecified atom stereocenters. The Kier molecular flexibility index (Phi) is 6.02. The predicted octanol–water partition coefficient (Wildman–Crippen LogP) is 4.57. The fourth-order valence-corrected chi connectivity index (χ4v) is 9.02. The Balaban J connectivity index is 1.98. The molecule has 1 aliphatic rings. The van der Waals surface area contributed by atoms with E-state index in [1.54, 1.807) is 0 Å². The highest BCUT2D eigenvalue weighted by atomic mass is 28.4. The molecule has 0 amide bonds. The average Bonchev–Trinajstić information content (AvgIpc) is 2.66. The van der Waals surface area contributed by atoms with E-state index in [2.05, 4.69) is 88.4 Å². The van der Waals surface area contributed by atoms with Crippen LogP contribution in [0.15, 0.2) is 60.7 Å². The number of Topliss-reactive ketones (excluding diaryl/α,β-unsaturated/α-hetero) is 1. The molecule has 0 bridgehead atoms. The van der Waals surface area contributed by atoms with Gasteiger partial charge in [0.05, 0.1) is 0 Å². The molecule has 3 heteroatoms. The van der Waals surface area contributed by atoms with Crippen LogP contribution in [0.4, 0.5) is 0 Å². The van der Waals surface area contributed by atoms with Crippen LogP contribution in [0.25, 0.3) is 0 Å². The van der Waals surface area contributed by atoms with E-state index in [0.29, 0.717) is 24.7 Å². The number of hydrogen-bond acceptors (Lipinski definition) is 2. The first-order chi connectivity index (χ1) is 12.8. The minimum Gasteiger partial charge on any atom is -0.407 e. The summed E-state index contributed by atoms with van der Waals surface area (Å²) in [4.78, 5) is 12.2. The lowest BCUT2D eigenvalue weighted by Crippen LogP contribution is -2.67. The van der Waals surface area contributed by atoms with Crippen molar-refractivity contribution in [1.29, 1.82) is 0 Å². The molecule has 2 atom stereocenters. The molecule has 0 N–H and O–H groups in total. The van der Waals surface area contributed by atoms with Crippen LogP contribution in [0.5, 0.6) is 0 Å². The van der Waals surface area contributed by atoms with E-state index < -0.39 is 8.32 Å². The molecule has 144 valence electrons. The highest BCUT2D eigenvalue weighted by Crippen LogP contribution is 2.38. The lowest BCUT2D eigenvalue weighted by Gasteiger charge is -2.44. The van der Waals surface area contributed by atoms with Gasteiger partial charge in [-0.1, -0.05) is 88.4 Å². The summed E-state index contributed by atoms with van der Waals surface area (Å²) in [5.41, 5.74) is 0. The van der Waals surface area contributed by atoms with Gasteiger partial charge in [0.1, 0.15) is 5.78 Å². The van der Waals surface area contributed by atoms with E-state index in [9.17, 15) is 4.79 Å². The Morgan fingerprint density at radius 3 is 1.89 bits per heavy atom. The molecule has 1 saturated carbocycles. The van der Waals surface area contributed by atoms with Gasteiger partial charge in [-0.05, 0) is 34.2 Å². The maximum Gasteiger partial charge on any atom is 0.261 e. The molecule has 0 spiro atoms. The Bertz CT molecular complexity index is 709. The molecule has 0 heterocycles. The third-order valence-corrected chi connectivity index (χ3v) is 11.0. The standard InChI is InChI=1S/C24H32O2Si/c1-19-15-16-20(17-23(19)25)18-26-27(24(2,3)4,21-11-7-5-8-12-21)22-13-9-6-10-14-22/h5-14,19-20H,15-18H2,1-4H3/t19-,20+/m0/s1. The summed E-state index contributed by atoms with van der Waals surface area (Å²) < 4.78 is 6.98. The number of rotatable bonds is 5. The van der Waals surface area contributed by atoms with Crippen LogP contribution in [-0.4, -0.2) is 20.7 Å². The minimum atomic E-state index is -2.48. The van der Waals surface area contributed by atoms with Gasteiger partial charge in [0, 0.05) is 18.9 Å². The van der Waals surface area contributed by atoms with Gasteiger partial charge in [-0.15, -0.1) is 0 Å². The summed E-state index contributed by atoms with van der Waals surface area (Å²) in [5, 5.41) is 2.60. The molecule has 2 nitrogen and oxygen atoms in total. The van der Waals surface area contributed by atoms with Crippen LogP contribution < -0.4 is 10.4 Å². The van der Waals surface area contributed by atoms with Crippen LogP contribution in [0, 0.1) is 11.8 Å². The Morgan fingerprint density at radius 1 is 0.926 bits per heavy atom. The monoisotopic (exact) mass is 380 g/mol. The zero-order valence-corrected chi connectivity index (χ0v) is 18.1. The van der Waals surface area contributed by atoms with Gasteiger partial charge in [0.25, 0.3) is 8.32 Å². The van der Waals surface area contributed by atoms with Crippen molar-refractivity contribution in [3.8, 4) is 0 Å². The second-order valence-electron chi connectivity index (χ2n) is 8.99. The molecule has 1 aliphatic carbocycles. The van der Waals surface area contributed by atoms with Crippen LogP contribution in [0.2, 0.25) is 5.04 Å². The van der Waals surface area contributed by atoms with Crippen molar-refractivity contribution in [2.45, 2.75) is 52.0 Å². The number of carbonyl (C=O) groups is 1. The lowest BCUT2D eigenvalue weighted by atomic mass is 9.82. The van der Waals surface area contributed by atoms with Gasteiger partial charge in [0.2, 0.25) is 0 Å². The van der Waals surface area contributed by atoms with Crippen molar-refractivity contribution >= 4 is 24.5 Å². The highest BCUT2D eigenvalue weighted by Gasteiger charge is 2.50. The fourth-order valence-electron chi connectivity index (χ4n) is 4.38. The van der Waals surface area contributed by atoms with Crippen LogP contribution >= 0.6 is 0 Å². The van der Waals surface area contributed by atoms with Crippen molar-refractivity contribution in [3.05, 3.63) is 60.7 Å². The van der Waals surface area contributed by atoms with Crippen LogP contribution in [-0.2, 0) is 9.22 Å². The third kappa shape index (κ3) is 4.09. The lowest BCUT2D eigenvalue weighted by molar-refractivity contribution is -0.125. The number of hydrogen-bond donors (Lipinski definition) is 0.